The third-order valence-corrected chi connectivity index (χ3v) is 16.3. The van der Waals surface area contributed by atoms with Gasteiger partial charge in [-0.25, -0.2) is 9.59 Å². The fourth-order valence-electron chi connectivity index (χ4n) is 13.4. The van der Waals surface area contributed by atoms with Gasteiger partial charge in [0.05, 0.1) is 16.9 Å². The average Bonchev–Trinajstić information content (AvgIpc) is 3.97. The number of rotatable bonds is 11. The molecule has 0 saturated carbocycles. The van der Waals surface area contributed by atoms with Gasteiger partial charge in [-0.1, -0.05) is 65.8 Å². The molecule has 3 fully saturated rings. The molecule has 0 radical (unpaired) electrons. The third-order valence-electron chi connectivity index (χ3n) is 16.3. The Morgan fingerprint density at radius 2 is 1.18 bits per heavy atom. The van der Waals surface area contributed by atoms with Crippen molar-refractivity contribution in [3.63, 3.8) is 0 Å². The van der Waals surface area contributed by atoms with Crippen molar-refractivity contribution in [3.05, 3.63) is 89.0 Å². The Bertz CT molecular complexity index is 2440. The van der Waals surface area contributed by atoms with E-state index in [9.17, 15) is 34.2 Å². The molecule has 346 valence electrons. The molecule has 17 heteroatoms. The SMILES string of the molecule is CC1C[C@@H](C2CCCN2[C@]2(C(=O)NC(=O)O)c3ccc(cn3)C2(C)CC(N)=O)N(c2ccc(C(C)(C)C)cc2)[C@]1(C)C1CCCN1[C@]1(C(=O)NC(=O)O)c2ccc(cn2)C1(C)CC(N)=O. The summed E-state index contributed by atoms with van der Waals surface area (Å²) in [5.41, 5.74) is 8.61. The number of likely N-dealkylation sites (tertiary alicyclic amines) is 2. The molecular weight excluding hydrogens is 831 g/mol. The topological polar surface area (TPSA) is 254 Å². The number of nitrogens with one attached hydrogen (secondary N) is 2. The highest BCUT2D eigenvalue weighted by Gasteiger charge is 2.70. The summed E-state index contributed by atoms with van der Waals surface area (Å²) >= 11 is 0. The second-order valence-corrected chi connectivity index (χ2v) is 20.6. The molecular formula is C48H61N9O8. The number of anilines is 1. The maximum atomic E-state index is 15.0. The number of carbonyl (C=O) groups excluding carboxylic acids is 4. The third kappa shape index (κ3) is 6.46. The minimum Gasteiger partial charge on any atom is -0.465 e. The summed E-state index contributed by atoms with van der Waals surface area (Å²) in [5, 5.41) is 24.6. The molecule has 17 nitrogen and oxygen atoms in total. The van der Waals surface area contributed by atoms with Crippen LogP contribution >= 0.6 is 0 Å². The lowest BCUT2D eigenvalue weighted by atomic mass is 9.58. The predicted octanol–water partition coefficient (Wildman–Crippen LogP) is 4.35. The predicted molar refractivity (Wildman–Crippen MR) is 240 cm³/mol. The van der Waals surface area contributed by atoms with Crippen molar-refractivity contribution >= 4 is 41.5 Å². The second-order valence-electron chi connectivity index (χ2n) is 20.6. The van der Waals surface area contributed by atoms with E-state index in [0.29, 0.717) is 67.7 Å². The summed E-state index contributed by atoms with van der Waals surface area (Å²) in [4.78, 5) is 97.0. The average molecular weight is 892 g/mol. The largest absolute Gasteiger partial charge is 0.465 e. The van der Waals surface area contributed by atoms with Crippen molar-refractivity contribution in [1.29, 1.82) is 0 Å². The number of nitrogens with zero attached hydrogens (tertiary/aromatic N) is 5. The number of fused-ring (bicyclic) bond motifs is 6. The molecule has 5 unspecified atom stereocenters. The summed E-state index contributed by atoms with van der Waals surface area (Å²) < 4.78 is 0. The first-order valence-corrected chi connectivity index (χ1v) is 22.5. The van der Waals surface area contributed by atoms with E-state index in [1.165, 1.54) is 0 Å². The molecule has 8 N–H and O–H groups in total. The number of carbonyl (C=O) groups is 6. The minimum atomic E-state index is -1.77. The highest BCUT2D eigenvalue weighted by atomic mass is 16.4. The number of hydrogen-bond donors (Lipinski definition) is 6. The van der Waals surface area contributed by atoms with Crippen molar-refractivity contribution in [2.45, 2.75) is 144 Å². The zero-order valence-electron chi connectivity index (χ0n) is 38.2. The number of hydrogen-bond acceptors (Lipinski definition) is 11. The maximum Gasteiger partial charge on any atom is 0.411 e. The number of imide groups is 2. The Kier molecular flexibility index (Phi) is 11.0. The lowest BCUT2D eigenvalue weighted by Crippen LogP contribution is -2.74. The standard InChI is InChI=1S/C48H61N9O8/c1-27-22-33(32-10-8-20-55(32)47(39(60)53-41(62)63)34-18-14-29(25-51-34)44(47,5)23-37(49)58)57(31-16-12-28(13-17-31)43(2,3)4)46(27,7)36-11-9-21-56(36)48(40(61)54-42(64)65)35-19-15-30(26-52-35)45(48,6)24-38(50)59/h12-19,25-27,32-33,36H,8-11,20-24H2,1-7H3,(H2,49,58)(H2,50,59)(H,53,60)(H,54,61)(H,62,63)(H,64,65)/t27?,32?,33-,36?,44?,45?,46-,47-,48-/m0/s1. The van der Waals surface area contributed by atoms with Gasteiger partial charge < -0.3 is 26.6 Å². The van der Waals surface area contributed by atoms with Crippen LogP contribution in [0.4, 0.5) is 15.3 Å². The van der Waals surface area contributed by atoms with Crippen LogP contribution in [0.5, 0.6) is 0 Å². The molecule has 4 bridgehead atoms. The molecule has 3 saturated heterocycles. The van der Waals surface area contributed by atoms with E-state index in [1.54, 1.807) is 38.4 Å². The van der Waals surface area contributed by atoms with E-state index >= 15 is 4.79 Å². The van der Waals surface area contributed by atoms with Gasteiger partial charge in [0.25, 0.3) is 11.8 Å². The van der Waals surface area contributed by atoms with Crippen LogP contribution in [-0.2, 0) is 46.5 Å². The van der Waals surface area contributed by atoms with Gasteiger partial charge >= 0.3 is 12.2 Å². The molecule has 9 atom stereocenters. The van der Waals surface area contributed by atoms with Crippen LogP contribution in [0.25, 0.3) is 0 Å². The highest BCUT2D eigenvalue weighted by molar-refractivity contribution is 6.01. The van der Waals surface area contributed by atoms with E-state index in [2.05, 4.69) is 84.2 Å². The van der Waals surface area contributed by atoms with Gasteiger partial charge in [-0.05, 0) is 91.3 Å². The van der Waals surface area contributed by atoms with Gasteiger partial charge in [0.15, 0.2) is 11.1 Å². The Balaban J connectivity index is 1.33. The van der Waals surface area contributed by atoms with Crippen LogP contribution in [0, 0.1) is 5.92 Å². The normalized spacial score (nSPS) is 33.0. The molecule has 5 aliphatic heterocycles. The molecule has 6 amide bonds. The van der Waals surface area contributed by atoms with Crippen LogP contribution in [0.2, 0.25) is 0 Å². The number of amides is 6. The van der Waals surface area contributed by atoms with Gasteiger partial charge in [-0.2, -0.15) is 0 Å². The first-order chi connectivity index (χ1) is 30.5. The zero-order valence-corrected chi connectivity index (χ0v) is 38.2. The Morgan fingerprint density at radius 1 is 0.708 bits per heavy atom. The monoisotopic (exact) mass is 891 g/mol. The first-order valence-electron chi connectivity index (χ1n) is 22.5. The van der Waals surface area contributed by atoms with E-state index in [1.807, 2.05) is 12.1 Å². The minimum absolute atomic E-state index is 0.120. The van der Waals surface area contributed by atoms with Crippen molar-refractivity contribution in [1.82, 2.24) is 30.4 Å². The molecule has 10 rings (SSSR count). The summed E-state index contributed by atoms with van der Waals surface area (Å²) in [7, 11) is 0. The van der Waals surface area contributed by atoms with E-state index in [-0.39, 0.29) is 30.2 Å². The number of primary amides is 2. The molecule has 7 heterocycles. The fraction of sp³-hybridized carbons (Fsp3) is 0.542. The lowest BCUT2D eigenvalue weighted by Gasteiger charge is -2.60. The molecule has 0 spiro atoms. The van der Waals surface area contributed by atoms with E-state index in [0.717, 1.165) is 11.3 Å². The second kappa shape index (κ2) is 15.6. The Hall–Kier alpha value is -5.94. The summed E-state index contributed by atoms with van der Waals surface area (Å²) in [6, 6.07) is 14.3. The van der Waals surface area contributed by atoms with Crippen LogP contribution in [0.1, 0.15) is 121 Å². The number of pyridine rings is 2. The van der Waals surface area contributed by atoms with Crippen LogP contribution < -0.4 is 27.0 Å². The number of carboxylic acid groups (broad SMARTS) is 2. The summed E-state index contributed by atoms with van der Waals surface area (Å²) in [6.07, 6.45) is 2.74. The molecule has 2 aliphatic carbocycles. The molecule has 2 aromatic heterocycles. The van der Waals surface area contributed by atoms with Gasteiger partial charge in [0.2, 0.25) is 11.8 Å². The van der Waals surface area contributed by atoms with Crippen LogP contribution in [0.3, 0.4) is 0 Å². The van der Waals surface area contributed by atoms with E-state index < -0.39 is 75.3 Å². The molecule has 65 heavy (non-hydrogen) atoms. The highest BCUT2D eigenvalue weighted by Crippen LogP contribution is 2.60. The number of nitrogens with two attached hydrogens (primary N) is 2. The first kappa shape index (κ1) is 45.6. The Morgan fingerprint density at radius 3 is 1.63 bits per heavy atom. The van der Waals surface area contributed by atoms with Crippen molar-refractivity contribution in [2.24, 2.45) is 17.4 Å². The quantitative estimate of drug-likeness (QED) is 0.157. The van der Waals surface area contributed by atoms with Crippen molar-refractivity contribution < 1.29 is 39.0 Å². The fourth-order valence-corrected chi connectivity index (χ4v) is 13.4. The van der Waals surface area contributed by atoms with E-state index in [4.69, 9.17) is 21.4 Å². The Labute approximate surface area is 378 Å². The smallest absolute Gasteiger partial charge is 0.411 e. The van der Waals surface area contributed by atoms with Crippen LogP contribution in [-0.4, -0.2) is 103 Å². The molecule has 3 aromatic rings. The van der Waals surface area contributed by atoms with Gasteiger partial charge in [0, 0.05) is 73.0 Å². The zero-order chi connectivity index (χ0) is 47.2. The number of benzene rings is 1. The maximum absolute atomic E-state index is 15.0. The lowest BCUT2D eigenvalue weighted by molar-refractivity contribution is -0.146. The summed E-state index contributed by atoms with van der Waals surface area (Å²) in [6.45, 7) is 15.1. The van der Waals surface area contributed by atoms with Gasteiger partial charge in [-0.3, -0.25) is 49.6 Å². The van der Waals surface area contributed by atoms with Crippen molar-refractivity contribution in [2.75, 3.05) is 18.0 Å². The molecule has 7 aliphatic rings. The number of aromatic nitrogens is 2. The van der Waals surface area contributed by atoms with Crippen LogP contribution in [0.15, 0.2) is 60.9 Å². The summed E-state index contributed by atoms with van der Waals surface area (Å²) in [5.74, 6) is -3.07. The van der Waals surface area contributed by atoms with Gasteiger partial charge in [0.1, 0.15) is 0 Å². The van der Waals surface area contributed by atoms with Gasteiger partial charge in [-0.15, -0.1) is 0 Å². The molecule has 1 aromatic carbocycles. The van der Waals surface area contributed by atoms with Crippen molar-refractivity contribution in [3.8, 4) is 0 Å².